The van der Waals surface area contributed by atoms with Crippen molar-refractivity contribution in [1.29, 1.82) is 0 Å². The lowest BCUT2D eigenvalue weighted by Crippen LogP contribution is -2.37. The Bertz CT molecular complexity index is 903. The summed E-state index contributed by atoms with van der Waals surface area (Å²) < 4.78 is 30.6. The van der Waals surface area contributed by atoms with E-state index in [9.17, 15) is 13.2 Å². The van der Waals surface area contributed by atoms with Crippen LogP contribution in [0.25, 0.3) is 0 Å². The van der Waals surface area contributed by atoms with Gasteiger partial charge < -0.3 is 10.1 Å². The van der Waals surface area contributed by atoms with E-state index in [1.165, 1.54) is 12.1 Å². The van der Waals surface area contributed by atoms with Gasteiger partial charge in [0.1, 0.15) is 12.3 Å². The molecule has 9 heteroatoms. The van der Waals surface area contributed by atoms with Crippen LogP contribution in [0, 0.1) is 0 Å². The molecule has 2 aromatic rings. The number of benzene rings is 2. The molecule has 0 aliphatic rings. The zero-order valence-corrected chi connectivity index (χ0v) is 16.5. The van der Waals surface area contributed by atoms with Crippen LogP contribution in [0.4, 0.5) is 11.4 Å². The number of carbonyl (C=O) groups is 1. The van der Waals surface area contributed by atoms with Crippen LogP contribution in [0.2, 0.25) is 10.0 Å². The number of hydrogen-bond donors (Lipinski definition) is 1. The Hall–Kier alpha value is -1.96. The highest BCUT2D eigenvalue weighted by atomic mass is 35.5. The van der Waals surface area contributed by atoms with Crippen LogP contribution in [0.3, 0.4) is 0 Å². The van der Waals surface area contributed by atoms with E-state index >= 15 is 0 Å². The third kappa shape index (κ3) is 5.27. The predicted molar refractivity (Wildman–Crippen MR) is 105 cm³/mol. The Morgan fingerprint density at radius 1 is 1.19 bits per heavy atom. The smallest absolute Gasteiger partial charge is 0.245 e. The summed E-state index contributed by atoms with van der Waals surface area (Å²) in [6.45, 7) is 1.90. The highest BCUT2D eigenvalue weighted by Crippen LogP contribution is 2.33. The van der Waals surface area contributed by atoms with E-state index in [1.54, 1.807) is 30.3 Å². The molecule has 2 rings (SSSR count). The molecule has 1 amide bonds. The summed E-state index contributed by atoms with van der Waals surface area (Å²) in [5, 5.41) is 2.90. The molecule has 0 radical (unpaired) electrons. The van der Waals surface area contributed by atoms with Gasteiger partial charge in [0.25, 0.3) is 0 Å². The van der Waals surface area contributed by atoms with Crippen LogP contribution >= 0.6 is 23.2 Å². The summed E-state index contributed by atoms with van der Waals surface area (Å²) in [6.07, 6.45) is 0.993. The molecule has 0 aromatic heterocycles. The number of hydrogen-bond acceptors (Lipinski definition) is 4. The second-order valence-electron chi connectivity index (χ2n) is 5.35. The average Bonchev–Trinajstić information content (AvgIpc) is 2.55. The van der Waals surface area contributed by atoms with Crippen molar-refractivity contribution in [3.8, 4) is 5.75 Å². The lowest BCUT2D eigenvalue weighted by Gasteiger charge is -2.23. The van der Waals surface area contributed by atoms with Gasteiger partial charge in [-0.15, -0.1) is 0 Å². The van der Waals surface area contributed by atoms with Crippen LogP contribution in [-0.2, 0) is 14.8 Å². The fraction of sp³-hybridized carbons (Fsp3) is 0.235. The van der Waals surface area contributed by atoms with E-state index in [0.29, 0.717) is 18.0 Å². The molecule has 1 N–H and O–H groups in total. The standard InChI is InChI=1S/C17H18Cl2N2O4S/c1-3-25-13-7-4-6-12(10-13)20-16(22)11-21(26(2,23)24)15-9-5-8-14(18)17(15)19/h4-10H,3,11H2,1-2H3,(H,20,22). The van der Waals surface area contributed by atoms with Gasteiger partial charge in [0, 0.05) is 11.8 Å². The maximum absolute atomic E-state index is 12.4. The Labute approximate surface area is 162 Å². The van der Waals surface area contributed by atoms with Gasteiger partial charge in [-0.25, -0.2) is 8.42 Å². The highest BCUT2D eigenvalue weighted by molar-refractivity contribution is 7.92. The summed E-state index contributed by atoms with van der Waals surface area (Å²) in [4.78, 5) is 12.4. The first-order valence-corrected chi connectivity index (χ1v) is 10.3. The van der Waals surface area contributed by atoms with E-state index in [0.717, 1.165) is 10.6 Å². The summed E-state index contributed by atoms with van der Waals surface area (Å²) in [7, 11) is -3.76. The van der Waals surface area contributed by atoms with Gasteiger partial charge in [-0.05, 0) is 31.2 Å². The Balaban J connectivity index is 2.23. The Morgan fingerprint density at radius 3 is 2.54 bits per heavy atom. The summed E-state index contributed by atoms with van der Waals surface area (Å²) in [5.41, 5.74) is 0.631. The molecule has 140 valence electrons. The topological polar surface area (TPSA) is 75.7 Å². The van der Waals surface area contributed by atoms with Crippen molar-refractivity contribution in [2.45, 2.75) is 6.92 Å². The van der Waals surface area contributed by atoms with Gasteiger partial charge in [0.15, 0.2) is 0 Å². The number of carbonyl (C=O) groups excluding carboxylic acids is 1. The fourth-order valence-corrected chi connectivity index (χ4v) is 3.54. The molecule has 0 spiro atoms. The number of anilines is 2. The number of nitrogens with zero attached hydrogens (tertiary/aromatic N) is 1. The van der Waals surface area contributed by atoms with Gasteiger partial charge >= 0.3 is 0 Å². The maximum atomic E-state index is 12.4. The minimum Gasteiger partial charge on any atom is -0.494 e. The molecule has 0 atom stereocenters. The first-order chi connectivity index (χ1) is 12.2. The van der Waals surface area contributed by atoms with Gasteiger partial charge in [-0.2, -0.15) is 0 Å². The Kier molecular flexibility index (Phi) is 6.75. The van der Waals surface area contributed by atoms with Crippen molar-refractivity contribution in [2.24, 2.45) is 0 Å². The molecule has 26 heavy (non-hydrogen) atoms. The van der Waals surface area contributed by atoms with E-state index in [1.807, 2.05) is 6.92 Å². The minimum atomic E-state index is -3.76. The fourth-order valence-electron chi connectivity index (χ4n) is 2.23. The molecule has 0 fully saturated rings. The largest absolute Gasteiger partial charge is 0.494 e. The van der Waals surface area contributed by atoms with Crippen LogP contribution in [-0.4, -0.2) is 33.7 Å². The minimum absolute atomic E-state index is 0.0609. The molecule has 0 bridgehead atoms. The number of ether oxygens (including phenoxy) is 1. The van der Waals surface area contributed by atoms with Crippen molar-refractivity contribution in [1.82, 2.24) is 0 Å². The van der Waals surface area contributed by atoms with Crippen molar-refractivity contribution in [3.05, 3.63) is 52.5 Å². The third-order valence-corrected chi connectivity index (χ3v) is 5.25. The molecule has 0 unspecified atom stereocenters. The van der Waals surface area contributed by atoms with E-state index in [2.05, 4.69) is 5.32 Å². The third-order valence-electron chi connectivity index (χ3n) is 3.32. The van der Waals surface area contributed by atoms with Crippen LogP contribution in [0.15, 0.2) is 42.5 Å². The van der Waals surface area contributed by atoms with Crippen molar-refractivity contribution < 1.29 is 17.9 Å². The van der Waals surface area contributed by atoms with E-state index in [-0.39, 0.29) is 15.7 Å². The number of nitrogens with one attached hydrogen (secondary N) is 1. The molecule has 0 heterocycles. The van der Waals surface area contributed by atoms with E-state index < -0.39 is 22.5 Å². The average molecular weight is 417 g/mol. The molecule has 0 aliphatic heterocycles. The van der Waals surface area contributed by atoms with E-state index in [4.69, 9.17) is 27.9 Å². The molecular formula is C17H18Cl2N2O4S. The van der Waals surface area contributed by atoms with Crippen molar-refractivity contribution in [2.75, 3.05) is 29.0 Å². The molecule has 2 aromatic carbocycles. The zero-order chi connectivity index (χ0) is 19.3. The normalized spacial score (nSPS) is 11.1. The Morgan fingerprint density at radius 2 is 1.88 bits per heavy atom. The van der Waals surface area contributed by atoms with Gasteiger partial charge in [0.2, 0.25) is 15.9 Å². The molecule has 0 aliphatic carbocycles. The number of sulfonamides is 1. The molecular weight excluding hydrogens is 399 g/mol. The summed E-state index contributed by atoms with van der Waals surface area (Å²) in [6, 6.07) is 11.4. The lowest BCUT2D eigenvalue weighted by atomic mass is 10.3. The second kappa shape index (κ2) is 8.62. The maximum Gasteiger partial charge on any atom is 0.245 e. The number of halogens is 2. The van der Waals surface area contributed by atoms with Crippen molar-refractivity contribution >= 4 is 50.5 Å². The first-order valence-electron chi connectivity index (χ1n) is 7.66. The first kappa shape index (κ1) is 20.4. The zero-order valence-electron chi connectivity index (χ0n) is 14.2. The molecule has 0 saturated heterocycles. The molecule has 0 saturated carbocycles. The number of amides is 1. The predicted octanol–water partition coefficient (Wildman–Crippen LogP) is 3.80. The number of rotatable bonds is 7. The summed E-state index contributed by atoms with van der Waals surface area (Å²) >= 11 is 12.1. The van der Waals surface area contributed by atoms with Gasteiger partial charge in [0.05, 0.1) is 28.6 Å². The second-order valence-corrected chi connectivity index (χ2v) is 8.04. The summed E-state index contributed by atoms with van der Waals surface area (Å²) in [5.74, 6) is 0.0725. The SMILES string of the molecule is CCOc1cccc(NC(=O)CN(c2cccc(Cl)c2Cl)S(C)(=O)=O)c1. The van der Waals surface area contributed by atoms with Crippen molar-refractivity contribution in [3.63, 3.8) is 0 Å². The van der Waals surface area contributed by atoms with Crippen LogP contribution in [0.1, 0.15) is 6.92 Å². The lowest BCUT2D eigenvalue weighted by molar-refractivity contribution is -0.114. The van der Waals surface area contributed by atoms with Gasteiger partial charge in [-0.1, -0.05) is 35.3 Å². The monoisotopic (exact) mass is 416 g/mol. The quantitative estimate of drug-likeness (QED) is 0.744. The van der Waals surface area contributed by atoms with Crippen LogP contribution < -0.4 is 14.4 Å². The highest BCUT2D eigenvalue weighted by Gasteiger charge is 2.24. The molecule has 6 nitrogen and oxygen atoms in total. The van der Waals surface area contributed by atoms with Crippen LogP contribution in [0.5, 0.6) is 5.75 Å². The van der Waals surface area contributed by atoms with Gasteiger partial charge in [-0.3, -0.25) is 9.10 Å².